The molecule has 0 radical (unpaired) electrons. The number of methoxy groups -OCH3 is 1. The first-order valence-corrected chi connectivity index (χ1v) is 6.74. The lowest BCUT2D eigenvalue weighted by Gasteiger charge is -2.08. The Morgan fingerprint density at radius 2 is 1.75 bits per heavy atom. The van der Waals surface area contributed by atoms with Crippen LogP contribution in [0.1, 0.15) is 22.3 Å². The van der Waals surface area contributed by atoms with Crippen LogP contribution < -0.4 is 0 Å². The van der Waals surface area contributed by atoms with E-state index in [1.54, 1.807) is 0 Å². The first-order valence-electron chi connectivity index (χ1n) is 6.74. The Bertz CT molecular complexity index is 702. The van der Waals surface area contributed by atoms with Gasteiger partial charge in [0, 0.05) is 11.5 Å². The molecule has 0 amide bonds. The van der Waals surface area contributed by atoms with E-state index in [2.05, 4.69) is 0 Å². The molecule has 2 aromatic rings. The van der Waals surface area contributed by atoms with E-state index in [4.69, 9.17) is 4.74 Å². The highest BCUT2D eigenvalue weighted by atomic mass is 16.5. The molecular formula is C17H16O3. The van der Waals surface area contributed by atoms with E-state index in [0.29, 0.717) is 12.0 Å². The van der Waals surface area contributed by atoms with Crippen molar-refractivity contribution in [3.8, 4) is 0 Å². The number of hydrogen-bond donors (Lipinski definition) is 0. The van der Waals surface area contributed by atoms with Crippen molar-refractivity contribution in [2.45, 2.75) is 13.3 Å². The lowest BCUT2D eigenvalue weighted by atomic mass is 9.96. The Labute approximate surface area is 117 Å². The highest BCUT2D eigenvalue weighted by Gasteiger charge is 2.49. The number of carbonyl (C=O) groups excluding carboxylic acids is 2. The van der Waals surface area contributed by atoms with Crippen LogP contribution in [0.3, 0.4) is 0 Å². The van der Waals surface area contributed by atoms with Crippen molar-refractivity contribution >= 4 is 22.5 Å². The third kappa shape index (κ3) is 1.99. The van der Waals surface area contributed by atoms with Crippen molar-refractivity contribution in [1.82, 2.24) is 0 Å². The maximum absolute atomic E-state index is 12.6. The second-order valence-corrected chi connectivity index (χ2v) is 5.31. The minimum atomic E-state index is -0.278. The Morgan fingerprint density at radius 3 is 2.45 bits per heavy atom. The van der Waals surface area contributed by atoms with Crippen LogP contribution in [-0.2, 0) is 9.53 Å². The smallest absolute Gasteiger partial charge is 0.309 e. The molecule has 20 heavy (non-hydrogen) atoms. The van der Waals surface area contributed by atoms with Crippen LogP contribution in [0.25, 0.3) is 10.8 Å². The number of esters is 1. The van der Waals surface area contributed by atoms with Gasteiger partial charge >= 0.3 is 5.97 Å². The van der Waals surface area contributed by atoms with E-state index in [1.165, 1.54) is 7.11 Å². The van der Waals surface area contributed by atoms with Crippen molar-refractivity contribution in [1.29, 1.82) is 0 Å². The Morgan fingerprint density at radius 1 is 1.05 bits per heavy atom. The molecule has 2 aromatic carbocycles. The molecule has 2 atom stereocenters. The summed E-state index contributed by atoms with van der Waals surface area (Å²) in [5.41, 5.74) is 1.86. The molecule has 1 aliphatic rings. The van der Waals surface area contributed by atoms with Crippen LogP contribution in [0.15, 0.2) is 36.4 Å². The molecule has 1 saturated carbocycles. The van der Waals surface area contributed by atoms with Gasteiger partial charge in [0.1, 0.15) is 0 Å². The standard InChI is InChI=1S/C17H16O3/c1-10-7-8-13(12-6-4-3-5-11(10)12)16(18)14-9-15(14)17(19)20-2/h3-8,14-15H,9H2,1-2H3/t14-,15-/m1/s1. The number of rotatable bonds is 3. The largest absolute Gasteiger partial charge is 0.469 e. The van der Waals surface area contributed by atoms with Crippen LogP contribution in [-0.4, -0.2) is 18.9 Å². The molecule has 0 aliphatic heterocycles. The predicted molar refractivity (Wildman–Crippen MR) is 76.6 cm³/mol. The number of aryl methyl sites for hydroxylation is 1. The van der Waals surface area contributed by atoms with Crippen LogP contribution in [0.5, 0.6) is 0 Å². The number of benzene rings is 2. The molecule has 0 N–H and O–H groups in total. The zero-order valence-corrected chi connectivity index (χ0v) is 11.6. The van der Waals surface area contributed by atoms with Gasteiger partial charge in [-0.05, 0) is 29.7 Å². The molecule has 3 heteroatoms. The number of fused-ring (bicyclic) bond motifs is 1. The average molecular weight is 268 g/mol. The second kappa shape index (κ2) is 4.75. The minimum absolute atomic E-state index is 0.0524. The second-order valence-electron chi connectivity index (χ2n) is 5.31. The molecule has 3 rings (SSSR count). The summed E-state index contributed by atoms with van der Waals surface area (Å²) in [6.45, 7) is 2.03. The normalized spacial score (nSPS) is 20.7. The number of ether oxygens (including phenoxy) is 1. The van der Waals surface area contributed by atoms with Gasteiger partial charge in [0.2, 0.25) is 0 Å². The fourth-order valence-electron chi connectivity index (χ4n) is 2.76. The predicted octanol–water partition coefficient (Wildman–Crippen LogP) is 3.14. The molecule has 3 nitrogen and oxygen atoms in total. The minimum Gasteiger partial charge on any atom is -0.469 e. The Kier molecular flexibility index (Phi) is 3.05. The summed E-state index contributed by atoms with van der Waals surface area (Å²) < 4.78 is 4.71. The highest BCUT2D eigenvalue weighted by Crippen LogP contribution is 2.42. The number of hydrogen-bond acceptors (Lipinski definition) is 3. The summed E-state index contributed by atoms with van der Waals surface area (Å²) in [5.74, 6) is -0.697. The van der Waals surface area contributed by atoms with E-state index in [1.807, 2.05) is 43.3 Å². The molecule has 1 fully saturated rings. The lowest BCUT2D eigenvalue weighted by Crippen LogP contribution is -2.10. The zero-order valence-electron chi connectivity index (χ0n) is 11.6. The maximum Gasteiger partial charge on any atom is 0.309 e. The van der Waals surface area contributed by atoms with Gasteiger partial charge < -0.3 is 4.74 Å². The summed E-state index contributed by atoms with van der Waals surface area (Å²) in [7, 11) is 1.36. The molecule has 0 unspecified atom stereocenters. The Hall–Kier alpha value is -2.16. The van der Waals surface area contributed by atoms with E-state index in [0.717, 1.165) is 16.3 Å². The van der Waals surface area contributed by atoms with Gasteiger partial charge in [-0.15, -0.1) is 0 Å². The quantitative estimate of drug-likeness (QED) is 0.634. The van der Waals surface area contributed by atoms with Crippen molar-refractivity contribution in [3.05, 3.63) is 47.5 Å². The van der Waals surface area contributed by atoms with Gasteiger partial charge in [-0.3, -0.25) is 9.59 Å². The van der Waals surface area contributed by atoms with Gasteiger partial charge in [-0.2, -0.15) is 0 Å². The molecule has 0 heterocycles. The van der Waals surface area contributed by atoms with Gasteiger partial charge in [0.25, 0.3) is 0 Å². The van der Waals surface area contributed by atoms with Crippen LogP contribution >= 0.6 is 0 Å². The Balaban J connectivity index is 1.98. The molecule has 102 valence electrons. The monoisotopic (exact) mass is 268 g/mol. The number of ketones is 1. The van der Waals surface area contributed by atoms with Gasteiger partial charge in [-0.1, -0.05) is 36.4 Å². The van der Waals surface area contributed by atoms with Crippen molar-refractivity contribution in [2.75, 3.05) is 7.11 Å². The van der Waals surface area contributed by atoms with Gasteiger partial charge in [0.15, 0.2) is 5.78 Å². The molecule has 0 bridgehead atoms. The molecule has 0 spiro atoms. The van der Waals surface area contributed by atoms with Crippen molar-refractivity contribution in [2.24, 2.45) is 11.8 Å². The molecular weight excluding hydrogens is 252 g/mol. The van der Waals surface area contributed by atoms with E-state index >= 15 is 0 Å². The van der Waals surface area contributed by atoms with Crippen molar-refractivity contribution < 1.29 is 14.3 Å². The number of carbonyl (C=O) groups is 2. The van der Waals surface area contributed by atoms with E-state index in [-0.39, 0.29) is 23.6 Å². The first kappa shape index (κ1) is 12.9. The van der Waals surface area contributed by atoms with Crippen LogP contribution in [0, 0.1) is 18.8 Å². The van der Waals surface area contributed by atoms with E-state index in [9.17, 15) is 9.59 Å². The summed E-state index contributed by atoms with van der Waals surface area (Å²) in [5, 5.41) is 2.06. The third-order valence-corrected chi connectivity index (χ3v) is 4.04. The molecule has 0 aromatic heterocycles. The molecule has 1 aliphatic carbocycles. The maximum atomic E-state index is 12.6. The third-order valence-electron chi connectivity index (χ3n) is 4.04. The fourth-order valence-corrected chi connectivity index (χ4v) is 2.76. The van der Waals surface area contributed by atoms with Crippen LogP contribution in [0.4, 0.5) is 0 Å². The number of Topliss-reactive ketones (excluding diaryl/α,β-unsaturated/α-hetero) is 1. The zero-order chi connectivity index (χ0) is 14.3. The molecule has 0 saturated heterocycles. The first-order chi connectivity index (χ1) is 9.63. The average Bonchev–Trinajstić information content (AvgIpc) is 3.27. The van der Waals surface area contributed by atoms with Crippen molar-refractivity contribution in [3.63, 3.8) is 0 Å². The summed E-state index contributed by atoms with van der Waals surface area (Å²) >= 11 is 0. The topological polar surface area (TPSA) is 43.4 Å². The lowest BCUT2D eigenvalue weighted by molar-refractivity contribution is -0.142. The van der Waals surface area contributed by atoms with E-state index < -0.39 is 0 Å². The SMILES string of the molecule is COC(=O)[C@@H]1C[C@H]1C(=O)c1ccc(C)c2ccccc12. The van der Waals surface area contributed by atoms with Crippen LogP contribution in [0.2, 0.25) is 0 Å². The fraction of sp³-hybridized carbons (Fsp3) is 0.294. The highest BCUT2D eigenvalue weighted by molar-refractivity contribution is 6.12. The summed E-state index contributed by atoms with van der Waals surface area (Å²) in [4.78, 5) is 24.0. The van der Waals surface area contributed by atoms with Gasteiger partial charge in [0.05, 0.1) is 13.0 Å². The van der Waals surface area contributed by atoms with Gasteiger partial charge in [-0.25, -0.2) is 0 Å². The summed E-state index contributed by atoms with van der Waals surface area (Å²) in [6, 6.07) is 11.7. The summed E-state index contributed by atoms with van der Waals surface area (Å²) in [6.07, 6.45) is 0.605.